The molecule has 0 amide bonds. The van der Waals surface area contributed by atoms with Crippen LogP contribution in [-0.4, -0.2) is 96.0 Å². The van der Waals surface area contributed by atoms with Crippen LogP contribution in [0.4, 0.5) is 0 Å². The average molecular weight is 750 g/mol. The van der Waals surface area contributed by atoms with Crippen molar-refractivity contribution in [1.29, 1.82) is 0 Å². The van der Waals surface area contributed by atoms with E-state index in [1.807, 2.05) is 37.3 Å². The summed E-state index contributed by atoms with van der Waals surface area (Å²) >= 11 is 0. The van der Waals surface area contributed by atoms with E-state index >= 15 is 0 Å². The molecule has 9 N–H and O–H groups in total. The minimum absolute atomic E-state index is 0.0692. The molecular weight excluding hydrogens is 686 g/mol. The lowest BCUT2D eigenvalue weighted by Crippen LogP contribution is -2.54. The van der Waals surface area contributed by atoms with Gasteiger partial charge in [-0.05, 0) is 97.9 Å². The summed E-state index contributed by atoms with van der Waals surface area (Å²) < 4.78 is 0. The third-order valence-electron chi connectivity index (χ3n) is 10.4. The molecule has 10 heteroatoms. The second kappa shape index (κ2) is 23.4. The Morgan fingerprint density at radius 3 is 2.50 bits per heavy atom. The molecule has 6 atom stereocenters. The molecule has 0 saturated heterocycles. The minimum Gasteiger partial charge on any atom is -0.508 e. The molecule has 0 saturated carbocycles. The van der Waals surface area contributed by atoms with E-state index in [0.29, 0.717) is 44.9 Å². The smallest absolute Gasteiger partial charge is 0.303 e. The lowest BCUT2D eigenvalue weighted by atomic mass is 9.82. The number of carbonyl (C=O) groups is 1. The van der Waals surface area contributed by atoms with Crippen molar-refractivity contribution in [3.63, 3.8) is 0 Å². The zero-order valence-corrected chi connectivity index (χ0v) is 32.1. The van der Waals surface area contributed by atoms with Gasteiger partial charge in [0.2, 0.25) is 0 Å². The monoisotopic (exact) mass is 749 g/mol. The number of aliphatic carboxylic acids is 1. The normalized spacial score (nSPS) is 19.5. The van der Waals surface area contributed by atoms with Crippen molar-refractivity contribution in [3.8, 4) is 17.6 Å². The van der Waals surface area contributed by atoms with Crippen molar-refractivity contribution < 1.29 is 45.6 Å². The van der Waals surface area contributed by atoms with Crippen LogP contribution in [0, 0.1) is 11.8 Å². The standard InChI is InChI=1S/C44H63NO9/c1-3-4-16-40(50)41(51)24-22-33-20-19-32-13-10-9-12-31(32)14-11-17-42(44(2,54)29-35-21-23-36(48)27-34(35)25-26-46)45-39(38(33)28-37(49)30-47)15-7-5-6-8-18-43(52)53/h9-10,12-13,21-24,27,37,39-42,45-51,54H,3-8,15-20,25-26,28-30H2,1-2H3,(H,52,53). The Kier molecular flexibility index (Phi) is 19.4. The van der Waals surface area contributed by atoms with Crippen molar-refractivity contribution in [2.24, 2.45) is 0 Å². The zero-order chi connectivity index (χ0) is 39.5. The topological polar surface area (TPSA) is 191 Å². The van der Waals surface area contributed by atoms with Gasteiger partial charge in [-0.25, -0.2) is 0 Å². The lowest BCUT2D eigenvalue weighted by Gasteiger charge is -2.38. The van der Waals surface area contributed by atoms with Crippen LogP contribution >= 0.6 is 0 Å². The third-order valence-corrected chi connectivity index (χ3v) is 10.4. The van der Waals surface area contributed by atoms with Gasteiger partial charge in [0.15, 0.2) is 0 Å². The predicted octanol–water partition coefficient (Wildman–Crippen LogP) is 4.87. The van der Waals surface area contributed by atoms with Crippen LogP contribution in [0.1, 0.15) is 113 Å². The van der Waals surface area contributed by atoms with Gasteiger partial charge in [-0.15, -0.1) is 0 Å². The Morgan fingerprint density at radius 2 is 1.78 bits per heavy atom. The van der Waals surface area contributed by atoms with Gasteiger partial charge in [0.25, 0.3) is 0 Å². The summed E-state index contributed by atoms with van der Waals surface area (Å²) in [5, 5.41) is 87.9. The van der Waals surface area contributed by atoms with Crippen molar-refractivity contribution in [3.05, 3.63) is 88.0 Å². The molecule has 1 aliphatic rings. The highest BCUT2D eigenvalue weighted by atomic mass is 16.4. The van der Waals surface area contributed by atoms with E-state index < -0.39 is 48.6 Å². The highest BCUT2D eigenvalue weighted by molar-refractivity contribution is 5.66. The van der Waals surface area contributed by atoms with Crippen molar-refractivity contribution in [2.75, 3.05) is 13.2 Å². The molecule has 0 aliphatic carbocycles. The molecule has 1 aliphatic heterocycles. The fraction of sp³-hybridized carbons (Fsp3) is 0.568. The fourth-order valence-corrected chi connectivity index (χ4v) is 7.16. The first-order valence-electron chi connectivity index (χ1n) is 19.6. The molecule has 10 nitrogen and oxygen atoms in total. The van der Waals surface area contributed by atoms with Gasteiger partial charge >= 0.3 is 5.97 Å². The maximum Gasteiger partial charge on any atom is 0.303 e. The molecule has 0 aromatic heterocycles. The molecule has 1 heterocycles. The highest BCUT2D eigenvalue weighted by Crippen LogP contribution is 2.31. The van der Waals surface area contributed by atoms with E-state index in [0.717, 1.165) is 59.1 Å². The number of aliphatic hydroxyl groups excluding tert-OH is 5. The summed E-state index contributed by atoms with van der Waals surface area (Å²) in [5.41, 5.74) is 3.63. The Morgan fingerprint density at radius 1 is 1.02 bits per heavy atom. The zero-order valence-electron chi connectivity index (χ0n) is 32.1. The van der Waals surface area contributed by atoms with E-state index in [9.17, 15) is 40.5 Å². The number of benzene rings is 2. The average Bonchev–Trinajstić information content (AvgIpc) is 3.14. The number of aryl methyl sites for hydroxylation is 1. The quantitative estimate of drug-likeness (QED) is 0.0629. The Bertz CT molecular complexity index is 1570. The van der Waals surface area contributed by atoms with Crippen LogP contribution in [0.15, 0.2) is 65.8 Å². The molecule has 3 rings (SSSR count). The summed E-state index contributed by atoms with van der Waals surface area (Å²) in [4.78, 5) is 11.1. The van der Waals surface area contributed by atoms with E-state index in [1.165, 1.54) is 0 Å². The van der Waals surface area contributed by atoms with Crippen LogP contribution < -0.4 is 5.32 Å². The first-order chi connectivity index (χ1) is 25.9. The highest BCUT2D eigenvalue weighted by Gasteiger charge is 2.35. The van der Waals surface area contributed by atoms with E-state index in [2.05, 4.69) is 17.2 Å². The molecule has 6 unspecified atom stereocenters. The van der Waals surface area contributed by atoms with Gasteiger partial charge in [-0.3, -0.25) is 4.79 Å². The maximum absolute atomic E-state index is 12.4. The molecule has 298 valence electrons. The largest absolute Gasteiger partial charge is 0.508 e. The number of phenols is 1. The van der Waals surface area contributed by atoms with Crippen LogP contribution in [0.2, 0.25) is 0 Å². The van der Waals surface area contributed by atoms with Crippen LogP contribution in [0.3, 0.4) is 0 Å². The van der Waals surface area contributed by atoms with Crippen LogP contribution in [0.5, 0.6) is 5.75 Å². The number of carboxylic acids is 1. The van der Waals surface area contributed by atoms with Gasteiger partial charge in [0.05, 0.1) is 30.5 Å². The number of hydrogen-bond donors (Lipinski definition) is 9. The number of allylic oxidation sites excluding steroid dienone is 2. The summed E-state index contributed by atoms with van der Waals surface area (Å²) in [5.74, 6) is 5.89. The van der Waals surface area contributed by atoms with Crippen LogP contribution in [0.25, 0.3) is 0 Å². The van der Waals surface area contributed by atoms with Gasteiger partial charge in [0, 0.05) is 43.5 Å². The second-order valence-electron chi connectivity index (χ2n) is 14.9. The SMILES string of the molecule is CCCCC(O)C(O)C=CC1=C(CC(O)CO)C(CCCCCCC(=O)O)NC(C(C)(O)Cc2ccc(O)cc2CCO)CC#Cc2ccccc2CC1. The Hall–Kier alpha value is -3.53. The fourth-order valence-electron chi connectivity index (χ4n) is 7.16. The maximum atomic E-state index is 12.4. The number of phenolic OH excluding ortho intramolecular Hbond substituents is 1. The molecule has 0 radical (unpaired) electrons. The number of fused-ring (bicyclic) bond motifs is 1. The van der Waals surface area contributed by atoms with E-state index in [4.69, 9.17) is 5.11 Å². The lowest BCUT2D eigenvalue weighted by molar-refractivity contribution is -0.137. The minimum atomic E-state index is -1.39. The Labute approximate surface area is 321 Å². The number of hydrogen-bond acceptors (Lipinski definition) is 9. The predicted molar refractivity (Wildman–Crippen MR) is 211 cm³/mol. The summed E-state index contributed by atoms with van der Waals surface area (Å²) in [7, 11) is 0. The molecule has 0 bridgehead atoms. The third kappa shape index (κ3) is 15.0. The number of rotatable bonds is 21. The van der Waals surface area contributed by atoms with Crippen LogP contribution in [-0.2, 0) is 24.1 Å². The number of aliphatic hydroxyl groups is 6. The van der Waals surface area contributed by atoms with Gasteiger partial charge in [0.1, 0.15) is 5.75 Å². The van der Waals surface area contributed by atoms with Crippen molar-refractivity contribution in [1.82, 2.24) is 5.32 Å². The molecule has 2 aromatic carbocycles. The van der Waals surface area contributed by atoms with Crippen molar-refractivity contribution in [2.45, 2.75) is 146 Å². The first kappa shape index (κ1) is 44.9. The summed E-state index contributed by atoms with van der Waals surface area (Å²) in [6, 6.07) is 11.8. The van der Waals surface area contributed by atoms with E-state index in [1.54, 1.807) is 31.2 Å². The van der Waals surface area contributed by atoms with Crippen molar-refractivity contribution >= 4 is 5.97 Å². The molecule has 0 fully saturated rings. The second-order valence-corrected chi connectivity index (χ2v) is 14.9. The molecular formula is C44H63NO9. The number of carboxylic acid groups (broad SMARTS) is 1. The van der Waals surface area contributed by atoms with Gasteiger partial charge in [-0.2, -0.15) is 0 Å². The van der Waals surface area contributed by atoms with Gasteiger partial charge in [-0.1, -0.05) is 87.3 Å². The first-order valence-corrected chi connectivity index (χ1v) is 19.6. The molecule has 2 aromatic rings. The molecule has 54 heavy (non-hydrogen) atoms. The Balaban J connectivity index is 2.18. The van der Waals surface area contributed by atoms with E-state index in [-0.39, 0.29) is 38.0 Å². The summed E-state index contributed by atoms with van der Waals surface area (Å²) in [6.07, 6.45) is 7.81. The summed E-state index contributed by atoms with van der Waals surface area (Å²) in [6.45, 7) is 3.17. The number of nitrogens with one attached hydrogen (secondary N) is 1. The molecule has 0 spiro atoms. The number of unbranched alkanes of at least 4 members (excludes halogenated alkanes) is 4. The van der Waals surface area contributed by atoms with Gasteiger partial charge < -0.3 is 46.2 Å². The number of aromatic hydroxyl groups is 1.